The fraction of sp³-hybridized carbons (Fsp3) is 0.308. The van der Waals surface area contributed by atoms with Crippen LogP contribution in [0, 0.1) is 0 Å². The summed E-state index contributed by atoms with van der Waals surface area (Å²) in [7, 11) is 0. The van der Waals surface area contributed by atoms with Crippen LogP contribution in [0.5, 0.6) is 5.75 Å². The zero-order valence-electron chi connectivity index (χ0n) is 10.1. The molecule has 0 aliphatic rings. The quantitative estimate of drug-likeness (QED) is 0.834. The first-order valence-electron chi connectivity index (χ1n) is 5.80. The third-order valence-electron chi connectivity index (χ3n) is 2.59. The third kappa shape index (κ3) is 2.98. The fourth-order valence-electron chi connectivity index (χ4n) is 1.71. The van der Waals surface area contributed by atoms with Crippen molar-refractivity contribution in [3.8, 4) is 5.75 Å². The van der Waals surface area contributed by atoms with Gasteiger partial charge in [0.25, 0.3) is 0 Å². The number of rotatable bonds is 5. The monoisotopic (exact) mass is 284 g/mol. The average Bonchev–Trinajstić information content (AvgIpc) is 2.67. The number of imidazole rings is 1. The number of para-hydroxylation sites is 1. The number of hydrogen-bond donors (Lipinski definition) is 0. The second kappa shape index (κ2) is 6.12. The van der Waals surface area contributed by atoms with E-state index < -0.39 is 0 Å². The zero-order valence-corrected chi connectivity index (χ0v) is 11.6. The molecule has 0 spiro atoms. The number of hydrogen-bond acceptors (Lipinski definition) is 2. The van der Waals surface area contributed by atoms with Crippen molar-refractivity contribution in [2.45, 2.75) is 19.9 Å². The molecule has 1 aromatic heterocycles. The van der Waals surface area contributed by atoms with Crippen LogP contribution in [-0.4, -0.2) is 16.2 Å². The van der Waals surface area contributed by atoms with E-state index >= 15 is 0 Å². The van der Waals surface area contributed by atoms with Gasteiger partial charge in [0.2, 0.25) is 0 Å². The van der Waals surface area contributed by atoms with E-state index in [2.05, 4.69) is 4.98 Å². The molecule has 0 bridgehead atoms. The number of ether oxygens (including phenoxy) is 1. The molecule has 2 rings (SSSR count). The molecule has 96 valence electrons. The smallest absolute Gasteiger partial charge is 0.166 e. The van der Waals surface area contributed by atoms with Gasteiger partial charge in [-0.15, -0.1) is 0 Å². The lowest BCUT2D eigenvalue weighted by atomic mass is 10.3. The summed E-state index contributed by atoms with van der Waals surface area (Å²) in [4.78, 5) is 4.20. The SMILES string of the molecule is CCc1nc(Cl)c(Cl)n1CCOc1ccccc1. The Morgan fingerprint density at radius 3 is 2.61 bits per heavy atom. The van der Waals surface area contributed by atoms with Gasteiger partial charge >= 0.3 is 0 Å². The highest BCUT2D eigenvalue weighted by Gasteiger charge is 2.12. The van der Waals surface area contributed by atoms with E-state index in [4.69, 9.17) is 27.9 Å². The van der Waals surface area contributed by atoms with E-state index in [1.54, 1.807) is 0 Å². The van der Waals surface area contributed by atoms with Gasteiger partial charge in [-0.3, -0.25) is 0 Å². The van der Waals surface area contributed by atoms with Crippen LogP contribution in [0.1, 0.15) is 12.7 Å². The first-order chi connectivity index (χ1) is 8.72. The Kier molecular flexibility index (Phi) is 4.50. The number of halogens is 2. The summed E-state index contributed by atoms with van der Waals surface area (Å²) in [6.07, 6.45) is 0.789. The van der Waals surface area contributed by atoms with Gasteiger partial charge in [0.1, 0.15) is 23.3 Å². The van der Waals surface area contributed by atoms with Gasteiger partial charge in [0, 0.05) is 6.42 Å². The minimum atomic E-state index is 0.355. The van der Waals surface area contributed by atoms with Crippen LogP contribution in [0.25, 0.3) is 0 Å². The van der Waals surface area contributed by atoms with Crippen molar-refractivity contribution in [2.75, 3.05) is 6.61 Å². The minimum absolute atomic E-state index is 0.355. The molecule has 0 atom stereocenters. The molecular formula is C13H14Cl2N2O. The molecule has 0 amide bonds. The topological polar surface area (TPSA) is 27.1 Å². The Morgan fingerprint density at radius 1 is 1.22 bits per heavy atom. The Bertz CT molecular complexity index is 511. The minimum Gasteiger partial charge on any atom is -0.492 e. The summed E-state index contributed by atoms with van der Waals surface area (Å²) in [5.74, 6) is 1.72. The molecule has 2 aromatic rings. The molecule has 0 aliphatic heterocycles. The maximum atomic E-state index is 6.09. The van der Waals surface area contributed by atoms with Gasteiger partial charge in [-0.25, -0.2) is 4.98 Å². The lowest BCUT2D eigenvalue weighted by Crippen LogP contribution is -2.11. The van der Waals surface area contributed by atoms with Crippen LogP contribution in [0.15, 0.2) is 30.3 Å². The van der Waals surface area contributed by atoms with E-state index in [0.29, 0.717) is 23.5 Å². The summed E-state index contributed by atoms with van der Waals surface area (Å²) >= 11 is 12.0. The molecule has 0 aliphatic carbocycles. The van der Waals surface area contributed by atoms with Crippen LogP contribution < -0.4 is 4.74 Å². The molecule has 1 aromatic carbocycles. The molecule has 1 heterocycles. The predicted molar refractivity (Wildman–Crippen MR) is 73.6 cm³/mol. The normalized spacial score (nSPS) is 10.6. The lowest BCUT2D eigenvalue weighted by Gasteiger charge is -2.09. The van der Waals surface area contributed by atoms with E-state index in [-0.39, 0.29) is 0 Å². The van der Waals surface area contributed by atoms with E-state index in [1.165, 1.54) is 0 Å². The Balaban J connectivity index is 1.98. The van der Waals surface area contributed by atoms with E-state index in [0.717, 1.165) is 18.0 Å². The third-order valence-corrected chi connectivity index (χ3v) is 3.33. The first-order valence-corrected chi connectivity index (χ1v) is 6.56. The average molecular weight is 285 g/mol. The van der Waals surface area contributed by atoms with Crippen molar-refractivity contribution < 1.29 is 4.74 Å². The van der Waals surface area contributed by atoms with Crippen LogP contribution in [0.3, 0.4) is 0 Å². The van der Waals surface area contributed by atoms with Crippen molar-refractivity contribution in [2.24, 2.45) is 0 Å². The molecule has 0 unspecified atom stereocenters. The van der Waals surface area contributed by atoms with Crippen LogP contribution in [0.2, 0.25) is 10.3 Å². The standard InChI is InChI=1S/C13H14Cl2N2O/c1-2-11-16-12(14)13(15)17(11)8-9-18-10-6-4-3-5-7-10/h3-7H,2,8-9H2,1H3. The van der Waals surface area contributed by atoms with Crippen molar-refractivity contribution >= 4 is 23.2 Å². The Hall–Kier alpha value is -1.19. The van der Waals surface area contributed by atoms with Gasteiger partial charge < -0.3 is 9.30 Å². The number of nitrogens with zero attached hydrogens (tertiary/aromatic N) is 2. The largest absolute Gasteiger partial charge is 0.492 e. The molecule has 0 fully saturated rings. The lowest BCUT2D eigenvalue weighted by molar-refractivity contribution is 0.296. The number of aryl methyl sites for hydroxylation is 1. The summed E-state index contributed by atoms with van der Waals surface area (Å²) in [5.41, 5.74) is 0. The van der Waals surface area contributed by atoms with Crippen LogP contribution in [-0.2, 0) is 13.0 Å². The van der Waals surface area contributed by atoms with Gasteiger partial charge in [-0.1, -0.05) is 48.3 Å². The van der Waals surface area contributed by atoms with Crippen molar-refractivity contribution in [3.63, 3.8) is 0 Å². The molecule has 0 N–H and O–H groups in total. The maximum Gasteiger partial charge on any atom is 0.166 e. The Morgan fingerprint density at radius 2 is 1.94 bits per heavy atom. The summed E-state index contributed by atoms with van der Waals surface area (Å²) < 4.78 is 7.51. The first kappa shape index (κ1) is 13.2. The molecular weight excluding hydrogens is 271 g/mol. The highest BCUT2D eigenvalue weighted by Crippen LogP contribution is 2.23. The van der Waals surface area contributed by atoms with Gasteiger partial charge in [-0.2, -0.15) is 0 Å². The maximum absolute atomic E-state index is 6.09. The summed E-state index contributed by atoms with van der Waals surface area (Å²) in [5, 5.41) is 0.832. The highest BCUT2D eigenvalue weighted by atomic mass is 35.5. The summed E-state index contributed by atoms with van der Waals surface area (Å²) in [6.45, 7) is 3.18. The molecule has 0 saturated heterocycles. The predicted octanol–water partition coefficient (Wildman–Crippen LogP) is 3.83. The molecule has 5 heteroatoms. The zero-order chi connectivity index (χ0) is 13.0. The van der Waals surface area contributed by atoms with Crippen molar-refractivity contribution in [1.29, 1.82) is 0 Å². The molecule has 0 saturated carbocycles. The van der Waals surface area contributed by atoms with Crippen molar-refractivity contribution in [1.82, 2.24) is 9.55 Å². The van der Waals surface area contributed by atoms with Gasteiger partial charge in [-0.05, 0) is 12.1 Å². The number of benzene rings is 1. The number of aromatic nitrogens is 2. The Labute approximate surface area is 116 Å². The molecule has 0 radical (unpaired) electrons. The van der Waals surface area contributed by atoms with Crippen molar-refractivity contribution in [3.05, 3.63) is 46.5 Å². The fourth-order valence-corrected chi connectivity index (χ4v) is 2.14. The van der Waals surface area contributed by atoms with Gasteiger partial charge in [0.05, 0.1) is 6.54 Å². The summed E-state index contributed by atoms with van der Waals surface area (Å²) in [6, 6.07) is 9.67. The van der Waals surface area contributed by atoms with Crippen LogP contribution >= 0.6 is 23.2 Å². The second-order valence-corrected chi connectivity index (χ2v) is 4.49. The molecule has 18 heavy (non-hydrogen) atoms. The second-order valence-electron chi connectivity index (χ2n) is 3.78. The van der Waals surface area contributed by atoms with E-state index in [9.17, 15) is 0 Å². The highest BCUT2D eigenvalue weighted by molar-refractivity contribution is 6.40. The van der Waals surface area contributed by atoms with E-state index in [1.807, 2.05) is 41.8 Å². The molecule has 3 nitrogen and oxygen atoms in total. The van der Waals surface area contributed by atoms with Gasteiger partial charge in [0.15, 0.2) is 5.15 Å². The van der Waals surface area contributed by atoms with Crippen LogP contribution in [0.4, 0.5) is 0 Å².